The summed E-state index contributed by atoms with van der Waals surface area (Å²) in [6, 6.07) is 15.5. The molecule has 0 heterocycles. The number of hydrogen-bond donors (Lipinski definition) is 2. The third kappa shape index (κ3) is 14.0. The van der Waals surface area contributed by atoms with E-state index in [4.69, 9.17) is 14.6 Å². The summed E-state index contributed by atoms with van der Waals surface area (Å²) in [6.07, 6.45) is -21.8. The highest BCUT2D eigenvalue weighted by Gasteiger charge is 2.49. The van der Waals surface area contributed by atoms with Crippen molar-refractivity contribution in [1.82, 2.24) is 0 Å². The van der Waals surface area contributed by atoms with Gasteiger partial charge in [0.05, 0.1) is 25.7 Å². The van der Waals surface area contributed by atoms with E-state index in [-0.39, 0.29) is 6.08 Å². The van der Waals surface area contributed by atoms with Crippen molar-refractivity contribution in [3.05, 3.63) is 96.1 Å². The number of esters is 2. The van der Waals surface area contributed by atoms with Crippen molar-refractivity contribution in [3.8, 4) is 0 Å². The van der Waals surface area contributed by atoms with E-state index in [1.54, 1.807) is 36.4 Å². The number of aliphatic hydroxyl groups is 1. The first kappa shape index (κ1) is 37.0. The maximum atomic E-state index is 14.0. The highest BCUT2D eigenvalue weighted by Crippen LogP contribution is 2.30. The second-order valence-corrected chi connectivity index (χ2v) is 9.48. The number of benzene rings is 2. The maximum Gasteiger partial charge on any atom is 0.428 e. The summed E-state index contributed by atoms with van der Waals surface area (Å²) in [6.45, 7) is 0.185. The van der Waals surface area contributed by atoms with Crippen molar-refractivity contribution in [1.29, 1.82) is 0 Å². The number of halogens is 6. The molecule has 9 nitrogen and oxygen atoms in total. The number of hydrogen-bond acceptors (Lipinski definition) is 8. The van der Waals surface area contributed by atoms with Crippen LogP contribution >= 0.6 is 0 Å². The van der Waals surface area contributed by atoms with Crippen LogP contribution < -0.4 is 0 Å². The Hall–Kier alpha value is -4.21. The lowest BCUT2D eigenvalue weighted by molar-refractivity contribution is -0.244. The Bertz CT molecular complexity index is 1280. The molecule has 2 aromatic rings. The maximum absolute atomic E-state index is 14.0. The topological polar surface area (TPSA) is 129 Å². The quantitative estimate of drug-likeness (QED) is 0.146. The Balaban J connectivity index is 2.36. The molecule has 0 radical (unpaired) electrons. The molecular formula is C30H30F6O9. The van der Waals surface area contributed by atoms with Crippen LogP contribution in [0.1, 0.15) is 24.5 Å². The molecule has 246 valence electrons. The molecule has 45 heavy (non-hydrogen) atoms. The van der Waals surface area contributed by atoms with Crippen molar-refractivity contribution in [2.45, 2.75) is 69.4 Å². The van der Waals surface area contributed by atoms with Gasteiger partial charge in [-0.2, -0.15) is 26.3 Å². The van der Waals surface area contributed by atoms with Gasteiger partial charge in [0.1, 0.15) is 12.2 Å². The molecule has 0 saturated heterocycles. The number of carboxylic acid groups (broad SMARTS) is 1. The molecule has 0 bridgehead atoms. The predicted molar refractivity (Wildman–Crippen MR) is 144 cm³/mol. The number of ether oxygens (including phenoxy) is 4. The van der Waals surface area contributed by atoms with Crippen LogP contribution in [0.4, 0.5) is 26.3 Å². The molecule has 0 aliphatic rings. The monoisotopic (exact) mass is 648 g/mol. The second kappa shape index (κ2) is 17.3. The van der Waals surface area contributed by atoms with Crippen molar-refractivity contribution in [2.75, 3.05) is 0 Å². The van der Waals surface area contributed by atoms with Gasteiger partial charge in [0.25, 0.3) is 0 Å². The van der Waals surface area contributed by atoms with Gasteiger partial charge in [0.15, 0.2) is 0 Å². The van der Waals surface area contributed by atoms with Crippen LogP contribution in [0.25, 0.3) is 0 Å². The summed E-state index contributed by atoms with van der Waals surface area (Å²) in [4.78, 5) is 35.5. The molecule has 2 N–H and O–H groups in total. The number of aliphatic hydroxyl groups excluding tert-OH is 1. The van der Waals surface area contributed by atoms with Gasteiger partial charge >= 0.3 is 30.3 Å². The van der Waals surface area contributed by atoms with Gasteiger partial charge < -0.3 is 29.2 Å². The minimum Gasteiger partial charge on any atom is -0.478 e. The van der Waals surface area contributed by atoms with Crippen LogP contribution in [0.15, 0.2) is 85.0 Å². The fourth-order valence-corrected chi connectivity index (χ4v) is 3.61. The van der Waals surface area contributed by atoms with Crippen LogP contribution in [-0.4, -0.2) is 71.0 Å². The lowest BCUT2D eigenvalue weighted by Crippen LogP contribution is -2.45. The molecule has 0 aromatic heterocycles. The van der Waals surface area contributed by atoms with Crippen LogP contribution in [0, 0.1) is 0 Å². The van der Waals surface area contributed by atoms with Gasteiger partial charge in [-0.25, -0.2) is 9.59 Å². The molecule has 0 spiro atoms. The number of carbonyl (C=O) groups excluding carboxylic acids is 2. The minimum atomic E-state index is -5.32. The standard InChI is InChI=1S/C30H30F6O9/c1-19(37)16-26(41)45-28(30(34,35)36)23(43-18-21-10-6-3-7-11-21)13-15-25(40)44-27(29(31,32)33)22(12-14-24(38)39)42-17-20-8-4-2-5-9-20/h2-15,19,22-23,27-28,37H,16-18H2,1H3,(H,38,39)/b14-12+,15-13+/t19-,22+,23+,27+,28+/m0/s1. The Kier molecular flexibility index (Phi) is 14.2. The zero-order valence-corrected chi connectivity index (χ0v) is 23.6. The minimum absolute atomic E-state index is 0.227. The first-order valence-corrected chi connectivity index (χ1v) is 13.2. The lowest BCUT2D eigenvalue weighted by atomic mass is 10.1. The SMILES string of the molecule is C[C@H](O)CC(=O)O[C@H]([C@@H](/C=C/C(=O)O[C@H]([C@@H](/C=C/C(=O)O)OCc1ccccc1)C(F)(F)F)OCc1ccccc1)C(F)(F)F. The normalized spacial score (nSPS) is 15.7. The van der Waals surface area contributed by atoms with Crippen molar-refractivity contribution in [2.24, 2.45) is 0 Å². The molecule has 5 atom stereocenters. The van der Waals surface area contributed by atoms with Crippen molar-refractivity contribution in [3.63, 3.8) is 0 Å². The van der Waals surface area contributed by atoms with Gasteiger partial charge in [0.2, 0.25) is 12.2 Å². The molecule has 0 aliphatic carbocycles. The molecule has 2 rings (SSSR count). The van der Waals surface area contributed by atoms with Gasteiger partial charge in [-0.1, -0.05) is 60.7 Å². The molecule has 0 amide bonds. The van der Waals surface area contributed by atoms with Crippen LogP contribution in [-0.2, 0) is 46.5 Å². The van der Waals surface area contributed by atoms with Gasteiger partial charge in [-0.3, -0.25) is 4.79 Å². The van der Waals surface area contributed by atoms with E-state index < -0.39 is 80.4 Å². The zero-order chi connectivity index (χ0) is 33.6. The van der Waals surface area contributed by atoms with E-state index in [1.165, 1.54) is 24.3 Å². The van der Waals surface area contributed by atoms with Crippen LogP contribution in [0.3, 0.4) is 0 Å². The number of carboxylic acids is 1. The average molecular weight is 649 g/mol. The van der Waals surface area contributed by atoms with Crippen LogP contribution in [0.5, 0.6) is 0 Å². The molecule has 15 heteroatoms. The Labute approximate surface area is 253 Å². The molecule has 0 aliphatic heterocycles. The Morgan fingerprint density at radius 1 is 0.733 bits per heavy atom. The fraction of sp³-hybridized carbons (Fsp3) is 0.367. The summed E-state index contributed by atoms with van der Waals surface area (Å²) < 4.78 is 103. The van der Waals surface area contributed by atoms with Crippen molar-refractivity contribution >= 4 is 17.9 Å². The third-order valence-electron chi connectivity index (χ3n) is 5.63. The first-order valence-electron chi connectivity index (χ1n) is 13.2. The van der Waals surface area contributed by atoms with Crippen molar-refractivity contribution < 1.29 is 69.9 Å². The third-order valence-corrected chi connectivity index (χ3v) is 5.63. The number of aliphatic carboxylic acids is 1. The number of alkyl halides is 6. The summed E-state index contributed by atoms with van der Waals surface area (Å²) >= 11 is 0. The lowest BCUT2D eigenvalue weighted by Gasteiger charge is -2.28. The highest BCUT2D eigenvalue weighted by molar-refractivity contribution is 5.82. The number of carbonyl (C=O) groups is 3. The number of rotatable bonds is 16. The molecule has 0 fully saturated rings. The largest absolute Gasteiger partial charge is 0.478 e. The Morgan fingerprint density at radius 3 is 1.56 bits per heavy atom. The first-order chi connectivity index (χ1) is 21.1. The summed E-state index contributed by atoms with van der Waals surface area (Å²) in [5, 5.41) is 18.3. The molecular weight excluding hydrogens is 618 g/mol. The predicted octanol–water partition coefficient (Wildman–Crippen LogP) is 5.07. The zero-order valence-electron chi connectivity index (χ0n) is 23.6. The van der Waals surface area contributed by atoms with Gasteiger partial charge in [-0.15, -0.1) is 0 Å². The van der Waals surface area contributed by atoms with E-state index in [1.807, 2.05) is 0 Å². The second-order valence-electron chi connectivity index (χ2n) is 9.48. The summed E-state index contributed by atoms with van der Waals surface area (Å²) in [5.41, 5.74) is 0.774. The van der Waals surface area contributed by atoms with Gasteiger partial charge in [-0.05, 0) is 30.2 Å². The van der Waals surface area contributed by atoms with E-state index in [0.717, 1.165) is 6.92 Å². The van der Waals surface area contributed by atoms with Gasteiger partial charge in [0, 0.05) is 12.2 Å². The highest BCUT2D eigenvalue weighted by atomic mass is 19.4. The van der Waals surface area contributed by atoms with E-state index in [2.05, 4.69) is 9.47 Å². The summed E-state index contributed by atoms with van der Waals surface area (Å²) in [5.74, 6) is -4.88. The molecule has 0 saturated carbocycles. The molecule has 2 aromatic carbocycles. The fourth-order valence-electron chi connectivity index (χ4n) is 3.61. The van der Waals surface area contributed by atoms with E-state index in [9.17, 15) is 45.8 Å². The van der Waals surface area contributed by atoms with E-state index >= 15 is 0 Å². The van der Waals surface area contributed by atoms with E-state index in [0.29, 0.717) is 29.4 Å². The molecule has 0 unspecified atom stereocenters. The summed E-state index contributed by atoms with van der Waals surface area (Å²) in [7, 11) is 0. The average Bonchev–Trinajstić information content (AvgIpc) is 2.95. The smallest absolute Gasteiger partial charge is 0.428 e. The van der Waals surface area contributed by atoms with Crippen LogP contribution in [0.2, 0.25) is 0 Å². The Morgan fingerprint density at radius 2 is 1.16 bits per heavy atom.